The van der Waals surface area contributed by atoms with E-state index in [4.69, 9.17) is 4.74 Å². The Morgan fingerprint density at radius 3 is 3.18 bits per heavy atom. The number of methoxy groups -OCH3 is 1. The van der Waals surface area contributed by atoms with Crippen LogP contribution >= 0.6 is 11.3 Å². The van der Waals surface area contributed by atoms with E-state index in [1.54, 1.807) is 24.6 Å². The van der Waals surface area contributed by atoms with E-state index in [1.165, 1.54) is 11.3 Å². The van der Waals surface area contributed by atoms with E-state index in [9.17, 15) is 4.79 Å². The van der Waals surface area contributed by atoms with Crippen molar-refractivity contribution in [1.82, 2.24) is 14.8 Å². The molecular formula is C15H14N4O2S. The van der Waals surface area contributed by atoms with Gasteiger partial charge >= 0.3 is 0 Å². The Hall–Kier alpha value is -2.67. The van der Waals surface area contributed by atoms with Crippen molar-refractivity contribution in [2.45, 2.75) is 6.92 Å². The highest BCUT2D eigenvalue weighted by molar-refractivity contribution is 7.15. The fraction of sp³-hybridized carbons (Fsp3) is 0.133. The molecule has 1 N–H and O–H groups in total. The summed E-state index contributed by atoms with van der Waals surface area (Å²) in [5.74, 6) is 0.449. The first-order valence-corrected chi connectivity index (χ1v) is 7.46. The van der Waals surface area contributed by atoms with Crippen LogP contribution in [0.4, 0.5) is 0 Å². The number of aromatic nitrogens is 2. The number of nitrogens with zero attached hydrogens (tertiary/aromatic N) is 3. The number of carbonyl (C=O) groups is 1. The Morgan fingerprint density at radius 1 is 1.50 bits per heavy atom. The molecule has 7 heteroatoms. The van der Waals surface area contributed by atoms with Crippen LogP contribution in [0.25, 0.3) is 4.96 Å². The summed E-state index contributed by atoms with van der Waals surface area (Å²) in [4.78, 5) is 17.4. The number of thiazole rings is 1. The van der Waals surface area contributed by atoms with Crippen molar-refractivity contribution in [3.05, 3.63) is 52.8 Å². The van der Waals surface area contributed by atoms with Crippen molar-refractivity contribution in [3.63, 3.8) is 0 Å². The first-order valence-electron chi connectivity index (χ1n) is 6.58. The number of fused-ring (bicyclic) bond motifs is 1. The highest BCUT2D eigenvalue weighted by Crippen LogP contribution is 2.16. The molecule has 0 spiro atoms. The van der Waals surface area contributed by atoms with E-state index in [0.717, 1.165) is 16.3 Å². The van der Waals surface area contributed by atoms with Gasteiger partial charge in [0.2, 0.25) is 0 Å². The maximum absolute atomic E-state index is 12.2. The van der Waals surface area contributed by atoms with E-state index in [1.807, 2.05) is 35.8 Å². The third kappa shape index (κ3) is 2.71. The second-order valence-electron chi connectivity index (χ2n) is 4.58. The molecule has 0 saturated heterocycles. The number of aryl methyl sites for hydroxylation is 1. The molecule has 1 amide bonds. The number of hydrogen-bond acceptors (Lipinski definition) is 5. The minimum Gasteiger partial charge on any atom is -0.497 e. The van der Waals surface area contributed by atoms with Crippen molar-refractivity contribution in [2.75, 3.05) is 7.11 Å². The largest absolute Gasteiger partial charge is 0.497 e. The number of amides is 1. The number of hydrogen-bond donors (Lipinski definition) is 1. The maximum atomic E-state index is 12.2. The minimum atomic E-state index is -0.289. The number of nitrogens with one attached hydrogen (secondary N) is 1. The Bertz CT molecular complexity index is 850. The zero-order chi connectivity index (χ0) is 15.5. The van der Waals surface area contributed by atoms with E-state index < -0.39 is 0 Å². The molecule has 3 aromatic rings. The lowest BCUT2D eigenvalue weighted by Crippen LogP contribution is -2.20. The molecule has 22 heavy (non-hydrogen) atoms. The Morgan fingerprint density at radius 2 is 2.36 bits per heavy atom. The fourth-order valence-corrected chi connectivity index (χ4v) is 2.87. The second kappa shape index (κ2) is 5.98. The number of rotatable bonds is 4. The zero-order valence-corrected chi connectivity index (χ0v) is 12.9. The summed E-state index contributed by atoms with van der Waals surface area (Å²) in [6.07, 6.45) is 3.39. The molecule has 3 rings (SSSR count). The van der Waals surface area contributed by atoms with E-state index in [0.29, 0.717) is 11.4 Å². The number of imidazole rings is 1. The highest BCUT2D eigenvalue weighted by Gasteiger charge is 2.16. The molecule has 0 aliphatic rings. The molecule has 0 fully saturated rings. The zero-order valence-electron chi connectivity index (χ0n) is 12.1. The smallest absolute Gasteiger partial charge is 0.290 e. The van der Waals surface area contributed by atoms with Crippen LogP contribution in [0.15, 0.2) is 40.9 Å². The third-order valence-corrected chi connectivity index (χ3v) is 3.88. The average molecular weight is 314 g/mol. The summed E-state index contributed by atoms with van der Waals surface area (Å²) < 4.78 is 6.90. The Balaban J connectivity index is 1.75. The van der Waals surface area contributed by atoms with Gasteiger partial charge in [0.25, 0.3) is 5.91 Å². The molecule has 0 aliphatic heterocycles. The third-order valence-electron chi connectivity index (χ3n) is 3.13. The highest BCUT2D eigenvalue weighted by atomic mass is 32.1. The van der Waals surface area contributed by atoms with Crippen molar-refractivity contribution in [2.24, 2.45) is 5.10 Å². The van der Waals surface area contributed by atoms with Gasteiger partial charge in [0.1, 0.15) is 11.4 Å². The molecular weight excluding hydrogens is 300 g/mol. The molecule has 0 atom stereocenters. The van der Waals surface area contributed by atoms with Crippen LogP contribution in [0, 0.1) is 6.92 Å². The van der Waals surface area contributed by atoms with Gasteiger partial charge in [-0.1, -0.05) is 12.1 Å². The molecule has 0 radical (unpaired) electrons. The van der Waals surface area contributed by atoms with Gasteiger partial charge in [-0.2, -0.15) is 5.10 Å². The van der Waals surface area contributed by atoms with Crippen LogP contribution in [-0.2, 0) is 0 Å². The van der Waals surface area contributed by atoms with Gasteiger partial charge in [-0.25, -0.2) is 10.4 Å². The van der Waals surface area contributed by atoms with Crippen LogP contribution in [0.1, 0.15) is 21.7 Å². The maximum Gasteiger partial charge on any atom is 0.290 e. The van der Waals surface area contributed by atoms with Crippen molar-refractivity contribution in [1.29, 1.82) is 0 Å². The van der Waals surface area contributed by atoms with Crippen LogP contribution in [0.3, 0.4) is 0 Å². The summed E-state index contributed by atoms with van der Waals surface area (Å²) >= 11 is 1.48. The lowest BCUT2D eigenvalue weighted by atomic mass is 10.2. The Labute approximate surface area is 131 Å². The molecule has 112 valence electrons. The topological polar surface area (TPSA) is 68.0 Å². The molecule has 1 aromatic carbocycles. The lowest BCUT2D eigenvalue weighted by Gasteiger charge is -2.01. The quantitative estimate of drug-likeness (QED) is 0.594. The first kappa shape index (κ1) is 14.3. The van der Waals surface area contributed by atoms with Gasteiger partial charge in [-0.15, -0.1) is 11.3 Å². The number of benzene rings is 1. The van der Waals surface area contributed by atoms with Crippen LogP contribution in [0.2, 0.25) is 0 Å². The number of carbonyl (C=O) groups excluding carboxylic acids is 1. The molecule has 6 nitrogen and oxygen atoms in total. The van der Waals surface area contributed by atoms with Crippen molar-refractivity contribution >= 4 is 28.4 Å². The Kier molecular flexibility index (Phi) is 3.88. The molecule has 0 unspecified atom stereocenters. The van der Waals surface area contributed by atoms with E-state index >= 15 is 0 Å². The molecule has 0 aliphatic carbocycles. The van der Waals surface area contributed by atoms with E-state index in [-0.39, 0.29) is 5.91 Å². The van der Waals surface area contributed by atoms with E-state index in [2.05, 4.69) is 15.5 Å². The van der Waals surface area contributed by atoms with Gasteiger partial charge in [0.15, 0.2) is 4.96 Å². The summed E-state index contributed by atoms with van der Waals surface area (Å²) in [7, 11) is 1.60. The molecule has 0 bridgehead atoms. The standard InChI is InChI=1S/C15H14N4O2S/c1-10-13(19-6-7-22-15(19)17-10)14(20)18-16-9-11-4-3-5-12(8-11)21-2/h3-9H,1-2H3,(H,18,20)/b16-9+. The van der Waals surface area contributed by atoms with Gasteiger partial charge in [0.05, 0.1) is 19.0 Å². The van der Waals surface area contributed by atoms with Gasteiger partial charge in [0, 0.05) is 11.6 Å². The average Bonchev–Trinajstić information content (AvgIpc) is 3.07. The summed E-state index contributed by atoms with van der Waals surface area (Å²) in [5, 5.41) is 5.87. The lowest BCUT2D eigenvalue weighted by molar-refractivity contribution is 0.0948. The SMILES string of the molecule is COc1cccc(/C=N/NC(=O)c2c(C)nc3sccn23)c1. The monoisotopic (exact) mass is 314 g/mol. The number of hydrazone groups is 1. The van der Waals surface area contributed by atoms with Crippen molar-refractivity contribution < 1.29 is 9.53 Å². The van der Waals surface area contributed by atoms with Crippen LogP contribution < -0.4 is 10.2 Å². The van der Waals surface area contributed by atoms with Crippen molar-refractivity contribution in [3.8, 4) is 5.75 Å². The predicted octanol–water partition coefficient (Wildman–Crippen LogP) is 2.48. The summed E-state index contributed by atoms with van der Waals surface area (Å²) in [5.41, 5.74) is 4.55. The molecule has 2 aromatic heterocycles. The number of ether oxygens (including phenoxy) is 1. The van der Waals surface area contributed by atoms with Gasteiger partial charge in [-0.05, 0) is 24.6 Å². The molecule has 0 saturated carbocycles. The van der Waals surface area contributed by atoms with Gasteiger partial charge < -0.3 is 4.74 Å². The molecule has 2 heterocycles. The normalized spacial score (nSPS) is 11.2. The summed E-state index contributed by atoms with van der Waals surface area (Å²) in [6.45, 7) is 1.81. The van der Waals surface area contributed by atoms with Gasteiger partial charge in [-0.3, -0.25) is 9.20 Å². The predicted molar refractivity (Wildman–Crippen MR) is 85.9 cm³/mol. The summed E-state index contributed by atoms with van der Waals surface area (Å²) in [6, 6.07) is 7.41. The second-order valence-corrected chi connectivity index (χ2v) is 5.45. The fourth-order valence-electron chi connectivity index (χ4n) is 2.11. The van der Waals surface area contributed by atoms with Crippen LogP contribution in [0.5, 0.6) is 5.75 Å². The van der Waals surface area contributed by atoms with Crippen LogP contribution in [-0.4, -0.2) is 28.6 Å². The first-order chi connectivity index (χ1) is 10.7. The minimum absolute atomic E-state index is 0.289.